The number of rotatable bonds is 3. The van der Waals surface area contributed by atoms with Crippen LogP contribution in [0.4, 0.5) is 11.5 Å². The largest absolute Gasteiger partial charge is 0.368 e. The van der Waals surface area contributed by atoms with E-state index in [9.17, 15) is 0 Å². The van der Waals surface area contributed by atoms with Crippen molar-refractivity contribution in [2.24, 2.45) is 0 Å². The van der Waals surface area contributed by atoms with Crippen molar-refractivity contribution in [2.75, 3.05) is 36.0 Å². The van der Waals surface area contributed by atoms with Crippen LogP contribution in [0.1, 0.15) is 11.1 Å². The molecule has 1 aromatic carbocycles. The lowest BCUT2D eigenvalue weighted by atomic mass is 10.1. The Kier molecular flexibility index (Phi) is 4.52. The van der Waals surface area contributed by atoms with Gasteiger partial charge in [-0.15, -0.1) is 0 Å². The Hall–Kier alpha value is -2.95. The molecule has 5 heteroatoms. The summed E-state index contributed by atoms with van der Waals surface area (Å²) >= 11 is 0. The molecule has 4 rings (SSSR count). The Labute approximate surface area is 154 Å². The summed E-state index contributed by atoms with van der Waals surface area (Å²) in [6.45, 7) is 8.05. The van der Waals surface area contributed by atoms with Gasteiger partial charge >= 0.3 is 0 Å². The monoisotopic (exact) mass is 345 g/mol. The highest BCUT2D eigenvalue weighted by atomic mass is 15.3. The first-order chi connectivity index (χ1) is 12.7. The van der Waals surface area contributed by atoms with E-state index < -0.39 is 0 Å². The SMILES string of the molecule is Cc1cc(C)cc(-c2cncc(N3CCN(c4ccncc4)CC3)n2)c1. The first-order valence-electron chi connectivity index (χ1n) is 9.00. The van der Waals surface area contributed by atoms with Gasteiger partial charge < -0.3 is 9.80 Å². The lowest BCUT2D eigenvalue weighted by molar-refractivity contribution is 0.646. The quantitative estimate of drug-likeness (QED) is 0.727. The maximum Gasteiger partial charge on any atom is 0.147 e. The lowest BCUT2D eigenvalue weighted by Crippen LogP contribution is -2.46. The lowest BCUT2D eigenvalue weighted by Gasteiger charge is -2.36. The van der Waals surface area contributed by atoms with Crippen molar-refractivity contribution in [2.45, 2.75) is 13.8 Å². The van der Waals surface area contributed by atoms with E-state index in [1.807, 2.05) is 24.8 Å². The number of nitrogens with zero attached hydrogens (tertiary/aromatic N) is 5. The molecule has 0 atom stereocenters. The van der Waals surface area contributed by atoms with Crippen LogP contribution in [0, 0.1) is 13.8 Å². The smallest absolute Gasteiger partial charge is 0.147 e. The third-order valence-electron chi connectivity index (χ3n) is 4.77. The maximum absolute atomic E-state index is 4.88. The normalized spacial score (nSPS) is 14.5. The number of piperazine rings is 1. The summed E-state index contributed by atoms with van der Waals surface area (Å²) in [6, 6.07) is 10.6. The standard InChI is InChI=1S/C21H23N5/c1-16-11-17(2)13-18(12-16)20-14-23-15-21(24-20)26-9-7-25(8-10-26)19-3-5-22-6-4-19/h3-6,11-15H,7-10H2,1-2H3. The Balaban J connectivity index is 1.51. The van der Waals surface area contributed by atoms with Crippen LogP contribution in [0.3, 0.4) is 0 Å². The van der Waals surface area contributed by atoms with Gasteiger partial charge in [0.05, 0.1) is 18.1 Å². The topological polar surface area (TPSA) is 45.2 Å². The Morgan fingerprint density at radius 2 is 1.42 bits per heavy atom. The molecular weight excluding hydrogens is 322 g/mol. The number of aromatic nitrogens is 3. The summed E-state index contributed by atoms with van der Waals surface area (Å²) in [5.41, 5.74) is 5.80. The van der Waals surface area contributed by atoms with Crippen LogP contribution >= 0.6 is 0 Å². The molecule has 0 amide bonds. The first kappa shape index (κ1) is 16.5. The molecule has 0 unspecified atom stereocenters. The summed E-state index contributed by atoms with van der Waals surface area (Å²) in [6.07, 6.45) is 7.42. The molecule has 2 aromatic heterocycles. The molecule has 0 bridgehead atoms. The van der Waals surface area contributed by atoms with Gasteiger partial charge in [0.15, 0.2) is 0 Å². The molecule has 3 heterocycles. The molecule has 132 valence electrons. The molecule has 0 N–H and O–H groups in total. The molecule has 1 saturated heterocycles. The fourth-order valence-corrected chi connectivity index (χ4v) is 3.52. The van der Waals surface area contributed by atoms with Crippen molar-refractivity contribution in [1.29, 1.82) is 0 Å². The molecule has 0 radical (unpaired) electrons. The minimum atomic E-state index is 0.936. The van der Waals surface area contributed by atoms with Crippen LogP contribution in [0.25, 0.3) is 11.3 Å². The number of benzene rings is 1. The Morgan fingerprint density at radius 1 is 0.769 bits per heavy atom. The minimum Gasteiger partial charge on any atom is -0.368 e. The second-order valence-corrected chi connectivity index (χ2v) is 6.82. The number of aryl methyl sites for hydroxylation is 2. The van der Waals surface area contributed by atoms with E-state index in [0.717, 1.165) is 43.3 Å². The first-order valence-corrected chi connectivity index (χ1v) is 9.00. The van der Waals surface area contributed by atoms with Crippen molar-refractivity contribution in [1.82, 2.24) is 15.0 Å². The summed E-state index contributed by atoms with van der Waals surface area (Å²) in [5.74, 6) is 0.955. The van der Waals surface area contributed by atoms with Crippen molar-refractivity contribution in [3.8, 4) is 11.3 Å². The average molecular weight is 345 g/mol. The third-order valence-corrected chi connectivity index (χ3v) is 4.77. The van der Waals surface area contributed by atoms with E-state index in [1.54, 1.807) is 0 Å². The van der Waals surface area contributed by atoms with Gasteiger partial charge in [0.25, 0.3) is 0 Å². The zero-order valence-corrected chi connectivity index (χ0v) is 15.3. The van der Waals surface area contributed by atoms with Crippen LogP contribution in [0.15, 0.2) is 55.1 Å². The van der Waals surface area contributed by atoms with Gasteiger partial charge in [-0.2, -0.15) is 0 Å². The van der Waals surface area contributed by atoms with Crippen LogP contribution < -0.4 is 9.80 Å². The average Bonchev–Trinajstić information content (AvgIpc) is 2.68. The predicted molar refractivity (Wildman–Crippen MR) is 106 cm³/mol. The summed E-state index contributed by atoms with van der Waals surface area (Å²) in [7, 11) is 0. The Bertz CT molecular complexity index is 866. The van der Waals surface area contributed by atoms with Crippen LogP contribution in [0.5, 0.6) is 0 Å². The van der Waals surface area contributed by atoms with Crippen molar-refractivity contribution < 1.29 is 0 Å². The zero-order chi connectivity index (χ0) is 17.9. The number of anilines is 2. The second kappa shape index (κ2) is 7.12. The summed E-state index contributed by atoms with van der Waals surface area (Å²) in [5, 5.41) is 0. The van der Waals surface area contributed by atoms with Crippen molar-refractivity contribution >= 4 is 11.5 Å². The predicted octanol–water partition coefficient (Wildman–Crippen LogP) is 3.48. The van der Waals surface area contributed by atoms with Gasteiger partial charge in [-0.05, 0) is 38.1 Å². The fourth-order valence-electron chi connectivity index (χ4n) is 3.52. The molecule has 26 heavy (non-hydrogen) atoms. The highest BCUT2D eigenvalue weighted by Gasteiger charge is 2.19. The Morgan fingerprint density at radius 3 is 2.12 bits per heavy atom. The van der Waals surface area contributed by atoms with Crippen LogP contribution in [-0.4, -0.2) is 41.1 Å². The van der Waals surface area contributed by atoms with Crippen molar-refractivity contribution in [3.63, 3.8) is 0 Å². The van der Waals surface area contributed by atoms with Crippen molar-refractivity contribution in [3.05, 3.63) is 66.2 Å². The minimum absolute atomic E-state index is 0.936. The molecule has 0 saturated carbocycles. The van der Waals surface area contributed by atoms with Gasteiger partial charge in [0, 0.05) is 49.8 Å². The molecule has 0 aliphatic carbocycles. The molecule has 1 fully saturated rings. The number of pyridine rings is 1. The van der Waals surface area contributed by atoms with E-state index in [2.05, 4.69) is 63.9 Å². The molecular formula is C21H23N5. The second-order valence-electron chi connectivity index (χ2n) is 6.82. The van der Waals surface area contributed by atoms with E-state index >= 15 is 0 Å². The summed E-state index contributed by atoms with van der Waals surface area (Å²) < 4.78 is 0. The zero-order valence-electron chi connectivity index (χ0n) is 15.3. The molecule has 1 aliphatic heterocycles. The van der Waals surface area contributed by atoms with Crippen LogP contribution in [-0.2, 0) is 0 Å². The number of hydrogen-bond donors (Lipinski definition) is 0. The van der Waals surface area contributed by atoms with E-state index in [-0.39, 0.29) is 0 Å². The van der Waals surface area contributed by atoms with Gasteiger partial charge in [-0.3, -0.25) is 9.97 Å². The van der Waals surface area contributed by atoms with E-state index in [4.69, 9.17) is 4.98 Å². The van der Waals surface area contributed by atoms with Gasteiger partial charge in [-0.25, -0.2) is 4.98 Å². The van der Waals surface area contributed by atoms with Gasteiger partial charge in [-0.1, -0.05) is 17.2 Å². The number of hydrogen-bond acceptors (Lipinski definition) is 5. The van der Waals surface area contributed by atoms with E-state index in [0.29, 0.717) is 0 Å². The van der Waals surface area contributed by atoms with Crippen LogP contribution in [0.2, 0.25) is 0 Å². The highest BCUT2D eigenvalue weighted by Crippen LogP contribution is 2.23. The van der Waals surface area contributed by atoms with Gasteiger partial charge in [0.2, 0.25) is 0 Å². The molecule has 1 aliphatic rings. The van der Waals surface area contributed by atoms with Gasteiger partial charge in [0.1, 0.15) is 5.82 Å². The molecule has 3 aromatic rings. The third kappa shape index (κ3) is 3.52. The fraction of sp³-hybridized carbons (Fsp3) is 0.286. The van der Waals surface area contributed by atoms with E-state index in [1.165, 1.54) is 16.8 Å². The highest BCUT2D eigenvalue weighted by molar-refractivity contribution is 5.62. The molecule has 0 spiro atoms. The maximum atomic E-state index is 4.88. The summed E-state index contributed by atoms with van der Waals surface area (Å²) in [4.78, 5) is 18.1. The molecule has 5 nitrogen and oxygen atoms in total.